The Balaban J connectivity index is 0.000000212. The Morgan fingerprint density at radius 3 is 2.83 bits per heavy atom. The molecule has 0 radical (unpaired) electrons. The normalized spacial score (nSPS) is 19.9. The van der Waals surface area contributed by atoms with Crippen LogP contribution in [0.2, 0.25) is 0 Å². The van der Waals surface area contributed by atoms with Gasteiger partial charge in [0.2, 0.25) is 5.88 Å². The van der Waals surface area contributed by atoms with Crippen LogP contribution in [0.25, 0.3) is 0 Å². The van der Waals surface area contributed by atoms with E-state index < -0.39 is 0 Å². The number of hydrogen-bond acceptors (Lipinski definition) is 4. The monoisotopic (exact) mass is 404 g/mol. The SMILES string of the molecule is C=CCNC(=C)[C@@H]1CCOC2(CCCC2)C1.CCCCc1cnc(OC)c(F)c1. The summed E-state index contributed by atoms with van der Waals surface area (Å²) in [7, 11) is 1.41. The van der Waals surface area contributed by atoms with Gasteiger partial charge in [-0.25, -0.2) is 9.37 Å². The van der Waals surface area contributed by atoms with Crippen molar-refractivity contribution in [3.63, 3.8) is 0 Å². The minimum Gasteiger partial charge on any atom is -0.479 e. The maximum atomic E-state index is 13.1. The molecule has 29 heavy (non-hydrogen) atoms. The van der Waals surface area contributed by atoms with Gasteiger partial charge in [-0.05, 0) is 50.2 Å². The summed E-state index contributed by atoms with van der Waals surface area (Å²) < 4.78 is 23.8. The van der Waals surface area contributed by atoms with Gasteiger partial charge in [0.1, 0.15) is 0 Å². The van der Waals surface area contributed by atoms with E-state index in [-0.39, 0.29) is 17.3 Å². The van der Waals surface area contributed by atoms with Crippen molar-refractivity contribution >= 4 is 0 Å². The Hall–Kier alpha value is -1.88. The maximum Gasteiger partial charge on any atom is 0.250 e. The third-order valence-electron chi connectivity index (χ3n) is 5.85. The fraction of sp³-hybridized carbons (Fsp3) is 0.625. The summed E-state index contributed by atoms with van der Waals surface area (Å²) in [5, 5.41) is 3.34. The van der Waals surface area contributed by atoms with E-state index in [0.29, 0.717) is 5.92 Å². The molecule has 162 valence electrons. The predicted octanol–water partition coefficient (Wildman–Crippen LogP) is 5.59. The first-order valence-electron chi connectivity index (χ1n) is 10.9. The van der Waals surface area contributed by atoms with Crippen molar-refractivity contribution in [3.8, 4) is 5.88 Å². The zero-order chi connectivity index (χ0) is 21.1. The molecular formula is C24H37FN2O2. The summed E-state index contributed by atoms with van der Waals surface area (Å²) in [5.41, 5.74) is 2.30. The van der Waals surface area contributed by atoms with Gasteiger partial charge in [0.05, 0.1) is 12.7 Å². The average Bonchev–Trinajstić information content (AvgIpc) is 3.18. The van der Waals surface area contributed by atoms with E-state index in [1.165, 1.54) is 44.6 Å². The highest BCUT2D eigenvalue weighted by Crippen LogP contribution is 2.43. The second-order valence-electron chi connectivity index (χ2n) is 8.06. The van der Waals surface area contributed by atoms with Crippen molar-refractivity contribution < 1.29 is 13.9 Å². The number of nitrogens with one attached hydrogen (secondary N) is 1. The van der Waals surface area contributed by atoms with Crippen LogP contribution in [0.1, 0.15) is 63.9 Å². The number of unbranched alkanes of at least 4 members (excludes halogenated alkanes) is 1. The molecule has 1 aromatic heterocycles. The molecule has 5 heteroatoms. The Kier molecular flexibility index (Phi) is 9.65. The molecule has 1 aliphatic carbocycles. The molecule has 0 bridgehead atoms. The van der Waals surface area contributed by atoms with Gasteiger partial charge in [0.15, 0.2) is 5.82 Å². The zero-order valence-electron chi connectivity index (χ0n) is 18.1. The summed E-state index contributed by atoms with van der Waals surface area (Å²) in [5.74, 6) is 0.281. The molecule has 1 N–H and O–H groups in total. The van der Waals surface area contributed by atoms with E-state index in [9.17, 15) is 4.39 Å². The number of halogens is 1. The van der Waals surface area contributed by atoms with Crippen LogP contribution in [0.5, 0.6) is 5.88 Å². The van der Waals surface area contributed by atoms with Crippen LogP contribution in [0.15, 0.2) is 37.2 Å². The molecule has 2 aliphatic rings. The van der Waals surface area contributed by atoms with Crippen LogP contribution in [-0.4, -0.2) is 30.8 Å². The van der Waals surface area contributed by atoms with Gasteiger partial charge in [-0.15, -0.1) is 6.58 Å². The van der Waals surface area contributed by atoms with E-state index >= 15 is 0 Å². The minimum atomic E-state index is -0.379. The van der Waals surface area contributed by atoms with Crippen LogP contribution in [0.3, 0.4) is 0 Å². The number of methoxy groups -OCH3 is 1. The first-order valence-corrected chi connectivity index (χ1v) is 10.9. The highest BCUT2D eigenvalue weighted by atomic mass is 19.1. The highest BCUT2D eigenvalue weighted by molar-refractivity contribution is 5.20. The molecule has 1 saturated carbocycles. The Morgan fingerprint density at radius 1 is 1.45 bits per heavy atom. The smallest absolute Gasteiger partial charge is 0.250 e. The predicted molar refractivity (Wildman–Crippen MR) is 117 cm³/mol. The molecule has 4 nitrogen and oxygen atoms in total. The summed E-state index contributed by atoms with van der Waals surface area (Å²) >= 11 is 0. The van der Waals surface area contributed by atoms with Gasteiger partial charge in [-0.2, -0.15) is 0 Å². The molecule has 3 rings (SSSR count). The average molecular weight is 405 g/mol. The molecule has 0 unspecified atom stereocenters. The highest BCUT2D eigenvalue weighted by Gasteiger charge is 2.40. The number of pyridine rings is 1. The van der Waals surface area contributed by atoms with Crippen LogP contribution >= 0.6 is 0 Å². The van der Waals surface area contributed by atoms with Crippen LogP contribution in [0.4, 0.5) is 4.39 Å². The molecular weight excluding hydrogens is 367 g/mol. The molecule has 1 aromatic rings. The van der Waals surface area contributed by atoms with Crippen LogP contribution < -0.4 is 10.1 Å². The fourth-order valence-electron chi connectivity index (χ4n) is 4.17. The third kappa shape index (κ3) is 7.14. The molecule has 2 fully saturated rings. The number of aromatic nitrogens is 1. The second kappa shape index (κ2) is 12.0. The summed E-state index contributed by atoms with van der Waals surface area (Å²) in [6, 6.07) is 1.49. The lowest BCUT2D eigenvalue weighted by molar-refractivity contribution is -0.0876. The van der Waals surface area contributed by atoms with E-state index in [1.807, 2.05) is 6.08 Å². The molecule has 0 amide bonds. The van der Waals surface area contributed by atoms with Crippen molar-refractivity contribution in [1.82, 2.24) is 10.3 Å². The first kappa shape index (κ1) is 23.4. The van der Waals surface area contributed by atoms with Gasteiger partial charge in [0.25, 0.3) is 0 Å². The number of allylic oxidation sites excluding steroid dienone is 1. The third-order valence-corrected chi connectivity index (χ3v) is 5.85. The maximum absolute atomic E-state index is 13.1. The van der Waals surface area contributed by atoms with Crippen molar-refractivity contribution in [2.75, 3.05) is 20.3 Å². The van der Waals surface area contributed by atoms with E-state index in [4.69, 9.17) is 9.47 Å². The summed E-state index contributed by atoms with van der Waals surface area (Å²) in [6.07, 6.45) is 14.0. The van der Waals surface area contributed by atoms with Crippen LogP contribution in [0, 0.1) is 11.7 Å². The number of ether oxygens (including phenoxy) is 2. The molecule has 1 aliphatic heterocycles. The van der Waals surface area contributed by atoms with Gasteiger partial charge in [0, 0.05) is 31.0 Å². The quantitative estimate of drug-likeness (QED) is 0.574. The summed E-state index contributed by atoms with van der Waals surface area (Å²) in [4.78, 5) is 3.85. The van der Waals surface area contributed by atoms with Crippen molar-refractivity contribution in [2.24, 2.45) is 5.92 Å². The number of aryl methyl sites for hydroxylation is 1. The van der Waals surface area contributed by atoms with Crippen molar-refractivity contribution in [2.45, 2.75) is 70.3 Å². The minimum absolute atomic E-state index is 0.0697. The van der Waals surface area contributed by atoms with E-state index in [1.54, 1.807) is 6.20 Å². The molecule has 1 saturated heterocycles. The number of rotatable bonds is 8. The van der Waals surface area contributed by atoms with Crippen molar-refractivity contribution in [1.29, 1.82) is 0 Å². The zero-order valence-corrected chi connectivity index (χ0v) is 18.1. The molecule has 1 atom stereocenters. The fourth-order valence-corrected chi connectivity index (χ4v) is 4.17. The Morgan fingerprint density at radius 2 is 2.21 bits per heavy atom. The second-order valence-corrected chi connectivity index (χ2v) is 8.06. The van der Waals surface area contributed by atoms with Crippen LogP contribution in [-0.2, 0) is 11.2 Å². The van der Waals surface area contributed by atoms with Gasteiger partial charge in [-0.1, -0.05) is 38.8 Å². The van der Waals surface area contributed by atoms with E-state index in [0.717, 1.165) is 50.8 Å². The number of hydrogen-bond donors (Lipinski definition) is 1. The van der Waals surface area contributed by atoms with E-state index in [2.05, 4.69) is 30.4 Å². The lowest BCUT2D eigenvalue weighted by Gasteiger charge is -2.39. The first-order chi connectivity index (χ1) is 14.0. The lowest BCUT2D eigenvalue weighted by atomic mass is 9.83. The van der Waals surface area contributed by atoms with Gasteiger partial charge in [-0.3, -0.25) is 0 Å². The topological polar surface area (TPSA) is 43.4 Å². The summed E-state index contributed by atoms with van der Waals surface area (Å²) in [6.45, 7) is 11.7. The van der Waals surface area contributed by atoms with Crippen molar-refractivity contribution in [3.05, 3.63) is 48.6 Å². The number of nitrogens with zero attached hydrogens (tertiary/aromatic N) is 1. The Bertz CT molecular complexity index is 656. The molecule has 1 spiro atoms. The van der Waals surface area contributed by atoms with Gasteiger partial charge >= 0.3 is 0 Å². The van der Waals surface area contributed by atoms with Gasteiger partial charge < -0.3 is 14.8 Å². The molecule has 2 heterocycles. The lowest BCUT2D eigenvalue weighted by Crippen LogP contribution is -2.39. The standard InChI is InChI=1S/C14H23NO.C10H14FNO/c1-3-9-15-12(2)13-6-10-16-14(11-13)7-4-5-8-14;1-3-4-5-8-6-9(11)10(13-2)12-7-8/h3,13,15H,1-2,4-11H2;6-7H,3-5H2,1-2H3/t13-;/m1./s1. The largest absolute Gasteiger partial charge is 0.479 e. The molecule has 0 aromatic carbocycles. The Labute approximate surface area is 175 Å².